The van der Waals surface area contributed by atoms with Crippen molar-refractivity contribution in [1.82, 2.24) is 5.32 Å². The zero-order valence-corrected chi connectivity index (χ0v) is 5.89. The highest BCUT2D eigenvalue weighted by molar-refractivity contribution is 5.80. The van der Waals surface area contributed by atoms with Gasteiger partial charge in [0.1, 0.15) is 0 Å². The van der Waals surface area contributed by atoms with Gasteiger partial charge < -0.3 is 11.1 Å². The van der Waals surface area contributed by atoms with Crippen LogP contribution in [0.2, 0.25) is 0 Å². The molecule has 2 fully saturated rings. The molecule has 0 radical (unpaired) electrons. The van der Waals surface area contributed by atoms with E-state index >= 15 is 0 Å². The number of carbonyl (C=O) groups is 1. The summed E-state index contributed by atoms with van der Waals surface area (Å²) in [5, 5.41) is 3.25. The molecular formula is C7H12N2O. The van der Waals surface area contributed by atoms with Crippen LogP contribution < -0.4 is 11.1 Å². The highest BCUT2D eigenvalue weighted by atomic mass is 16.1. The maximum atomic E-state index is 10.7. The Hall–Kier alpha value is -0.570. The van der Waals surface area contributed by atoms with Crippen molar-refractivity contribution in [2.75, 3.05) is 13.1 Å². The summed E-state index contributed by atoms with van der Waals surface area (Å²) in [6, 6.07) is 0. The molecule has 1 amide bonds. The number of nitrogens with two attached hydrogens (primary N) is 1. The third-order valence-corrected chi connectivity index (χ3v) is 2.81. The lowest BCUT2D eigenvalue weighted by atomic mass is 10.0. The molecule has 0 aromatic carbocycles. The van der Waals surface area contributed by atoms with E-state index in [1.807, 2.05) is 0 Å². The molecular weight excluding hydrogens is 128 g/mol. The Labute approximate surface area is 60.0 Å². The van der Waals surface area contributed by atoms with Crippen molar-refractivity contribution >= 4 is 5.91 Å². The first-order valence-electron chi connectivity index (χ1n) is 3.75. The van der Waals surface area contributed by atoms with Gasteiger partial charge in [0.15, 0.2) is 0 Å². The Balaban J connectivity index is 2.04. The third kappa shape index (κ3) is 0.669. The average Bonchev–Trinajstić information content (AvgIpc) is 2.32. The van der Waals surface area contributed by atoms with Gasteiger partial charge in [-0.1, -0.05) is 0 Å². The van der Waals surface area contributed by atoms with Crippen molar-refractivity contribution in [3.8, 4) is 0 Å². The molecule has 1 saturated carbocycles. The van der Waals surface area contributed by atoms with Crippen molar-refractivity contribution in [2.24, 2.45) is 17.1 Å². The van der Waals surface area contributed by atoms with Crippen molar-refractivity contribution < 1.29 is 4.79 Å². The fraction of sp³-hybridized carbons (Fsp3) is 0.857. The molecule has 2 aliphatic rings. The quantitative estimate of drug-likeness (QED) is 0.514. The van der Waals surface area contributed by atoms with Crippen LogP contribution in [0.5, 0.6) is 0 Å². The molecule has 56 valence electrons. The summed E-state index contributed by atoms with van der Waals surface area (Å²) in [5.41, 5.74) is 5.48. The SMILES string of the molecule is NC(=O)[C@H]1C[C@]12CCNC2. The molecule has 3 heteroatoms. The highest BCUT2D eigenvalue weighted by Crippen LogP contribution is 2.56. The van der Waals surface area contributed by atoms with E-state index in [2.05, 4.69) is 5.32 Å². The molecule has 3 nitrogen and oxygen atoms in total. The molecule has 3 N–H and O–H groups in total. The predicted octanol–water partition coefficient (Wildman–Crippen LogP) is -0.529. The lowest BCUT2D eigenvalue weighted by Gasteiger charge is -2.02. The second-order valence-corrected chi connectivity index (χ2v) is 3.45. The molecule has 10 heavy (non-hydrogen) atoms. The second-order valence-electron chi connectivity index (χ2n) is 3.45. The number of amides is 1. The summed E-state index contributed by atoms with van der Waals surface area (Å²) >= 11 is 0. The van der Waals surface area contributed by atoms with Crippen molar-refractivity contribution in [3.63, 3.8) is 0 Å². The van der Waals surface area contributed by atoms with Gasteiger partial charge in [0.25, 0.3) is 0 Å². The molecule has 0 aromatic rings. The lowest BCUT2D eigenvalue weighted by Crippen LogP contribution is -2.20. The normalized spacial score (nSPS) is 44.2. The minimum absolute atomic E-state index is 0.108. The van der Waals surface area contributed by atoms with E-state index in [9.17, 15) is 4.79 Å². The summed E-state index contributed by atoms with van der Waals surface area (Å²) in [5.74, 6) is 0.0752. The number of carbonyl (C=O) groups excluding carboxylic acids is 1. The maximum Gasteiger partial charge on any atom is 0.221 e. The Morgan fingerprint density at radius 1 is 1.70 bits per heavy atom. The van der Waals surface area contributed by atoms with Crippen LogP contribution in [0, 0.1) is 11.3 Å². The van der Waals surface area contributed by atoms with E-state index in [1.54, 1.807) is 0 Å². The van der Waals surface area contributed by atoms with Gasteiger partial charge in [-0.2, -0.15) is 0 Å². The van der Waals surface area contributed by atoms with E-state index in [4.69, 9.17) is 5.73 Å². The van der Waals surface area contributed by atoms with Crippen LogP contribution in [0.3, 0.4) is 0 Å². The zero-order valence-electron chi connectivity index (χ0n) is 5.89. The van der Waals surface area contributed by atoms with Gasteiger partial charge in [0.2, 0.25) is 5.91 Å². The molecule has 1 saturated heterocycles. The van der Waals surface area contributed by atoms with Crippen LogP contribution in [0.25, 0.3) is 0 Å². The molecule has 2 rings (SSSR count). The van der Waals surface area contributed by atoms with Gasteiger partial charge in [-0.05, 0) is 24.8 Å². The van der Waals surface area contributed by atoms with Crippen molar-refractivity contribution in [1.29, 1.82) is 0 Å². The van der Waals surface area contributed by atoms with E-state index < -0.39 is 0 Å². The summed E-state index contributed by atoms with van der Waals surface area (Å²) in [7, 11) is 0. The fourth-order valence-corrected chi connectivity index (χ4v) is 1.98. The summed E-state index contributed by atoms with van der Waals surface area (Å²) in [6.45, 7) is 2.06. The van der Waals surface area contributed by atoms with Gasteiger partial charge in [-0.3, -0.25) is 4.79 Å². The van der Waals surface area contributed by atoms with Crippen molar-refractivity contribution in [2.45, 2.75) is 12.8 Å². The topological polar surface area (TPSA) is 55.1 Å². The van der Waals surface area contributed by atoms with Gasteiger partial charge in [0.05, 0.1) is 0 Å². The zero-order chi connectivity index (χ0) is 7.19. The summed E-state index contributed by atoms with van der Waals surface area (Å²) in [4.78, 5) is 10.7. The van der Waals surface area contributed by atoms with Gasteiger partial charge in [0, 0.05) is 12.5 Å². The van der Waals surface area contributed by atoms with Crippen LogP contribution in [-0.4, -0.2) is 19.0 Å². The average molecular weight is 140 g/mol. The Morgan fingerprint density at radius 3 is 2.90 bits per heavy atom. The minimum Gasteiger partial charge on any atom is -0.369 e. The van der Waals surface area contributed by atoms with E-state index in [0.29, 0.717) is 5.41 Å². The molecule has 0 bridgehead atoms. The van der Waals surface area contributed by atoms with Crippen LogP contribution in [0.15, 0.2) is 0 Å². The van der Waals surface area contributed by atoms with Crippen molar-refractivity contribution in [3.05, 3.63) is 0 Å². The van der Waals surface area contributed by atoms with Crippen LogP contribution in [-0.2, 0) is 4.79 Å². The maximum absolute atomic E-state index is 10.7. The third-order valence-electron chi connectivity index (χ3n) is 2.81. The molecule has 2 atom stereocenters. The highest BCUT2D eigenvalue weighted by Gasteiger charge is 2.58. The standard InChI is InChI=1S/C7H12N2O/c8-6(10)5-3-7(5)1-2-9-4-7/h5,9H,1-4H2,(H2,8,10)/t5-,7+/m1/s1. The number of primary amides is 1. The fourth-order valence-electron chi connectivity index (χ4n) is 1.98. The summed E-state index contributed by atoms with van der Waals surface area (Å²) in [6.07, 6.45) is 2.16. The van der Waals surface area contributed by atoms with Crippen LogP contribution in [0.1, 0.15) is 12.8 Å². The predicted molar refractivity (Wildman–Crippen MR) is 37.2 cm³/mol. The first-order valence-corrected chi connectivity index (χ1v) is 3.75. The molecule has 0 aromatic heterocycles. The molecule has 0 unspecified atom stereocenters. The largest absolute Gasteiger partial charge is 0.369 e. The van der Waals surface area contributed by atoms with E-state index in [-0.39, 0.29) is 11.8 Å². The first kappa shape index (κ1) is 6.16. The minimum atomic E-state index is -0.108. The molecule has 1 aliphatic carbocycles. The number of hydrogen-bond donors (Lipinski definition) is 2. The monoisotopic (exact) mass is 140 g/mol. The lowest BCUT2D eigenvalue weighted by molar-refractivity contribution is -0.119. The van der Waals surface area contributed by atoms with Crippen LogP contribution in [0.4, 0.5) is 0 Å². The smallest absolute Gasteiger partial charge is 0.221 e. The molecule has 1 heterocycles. The molecule has 1 aliphatic heterocycles. The second kappa shape index (κ2) is 1.72. The summed E-state index contributed by atoms with van der Waals surface area (Å²) < 4.78 is 0. The Bertz CT molecular complexity index is 172. The number of hydrogen-bond acceptors (Lipinski definition) is 2. The van der Waals surface area contributed by atoms with E-state index in [0.717, 1.165) is 25.9 Å². The number of nitrogens with one attached hydrogen (secondary N) is 1. The Morgan fingerprint density at radius 2 is 2.50 bits per heavy atom. The first-order chi connectivity index (χ1) is 4.75. The van der Waals surface area contributed by atoms with Gasteiger partial charge in [-0.25, -0.2) is 0 Å². The number of rotatable bonds is 1. The van der Waals surface area contributed by atoms with Gasteiger partial charge >= 0.3 is 0 Å². The van der Waals surface area contributed by atoms with Gasteiger partial charge in [-0.15, -0.1) is 0 Å². The Kier molecular flexibility index (Phi) is 1.06. The van der Waals surface area contributed by atoms with E-state index in [1.165, 1.54) is 0 Å². The van der Waals surface area contributed by atoms with Crippen LogP contribution >= 0.6 is 0 Å². The molecule has 1 spiro atoms.